The number of aryl methyl sites for hydroxylation is 1. The molecule has 2 aromatic carbocycles. The van der Waals surface area contributed by atoms with Crippen LogP contribution in [0, 0.1) is 12.5 Å². The number of ether oxygens (including phenoxy) is 2. The fraction of sp³-hybridized carbons (Fsp3) is 0.516. The number of carbonyl (C=O) groups is 2. The van der Waals surface area contributed by atoms with E-state index in [-0.39, 0.29) is 23.2 Å². The first kappa shape index (κ1) is 28.2. The summed E-state index contributed by atoms with van der Waals surface area (Å²) in [6.07, 6.45) is 2.97. The lowest BCUT2D eigenvalue weighted by atomic mass is 9.75. The molecule has 1 saturated carbocycles. The summed E-state index contributed by atoms with van der Waals surface area (Å²) in [7, 11) is -0.492. The molecule has 3 aliphatic rings. The second-order valence-electron chi connectivity index (χ2n) is 12.0. The van der Waals surface area contributed by atoms with Crippen molar-refractivity contribution in [3.63, 3.8) is 0 Å². The van der Waals surface area contributed by atoms with E-state index in [9.17, 15) is 9.59 Å². The first-order valence-corrected chi connectivity index (χ1v) is 14.1. The number of fused-ring (bicyclic) bond motifs is 2. The van der Waals surface area contributed by atoms with Crippen molar-refractivity contribution in [1.29, 1.82) is 0 Å². The van der Waals surface area contributed by atoms with Gasteiger partial charge in [0.1, 0.15) is 5.75 Å². The molecule has 0 radical (unpaired) electrons. The summed E-state index contributed by atoms with van der Waals surface area (Å²) in [5.74, 6) is 0.288. The van der Waals surface area contributed by atoms with Gasteiger partial charge in [-0.1, -0.05) is 24.3 Å². The van der Waals surface area contributed by atoms with Gasteiger partial charge >= 0.3 is 13.1 Å². The van der Waals surface area contributed by atoms with Gasteiger partial charge < -0.3 is 24.1 Å². The molecule has 5 rings (SSSR count). The number of benzene rings is 2. The van der Waals surface area contributed by atoms with Crippen molar-refractivity contribution in [2.24, 2.45) is 5.92 Å². The predicted molar refractivity (Wildman–Crippen MR) is 153 cm³/mol. The van der Waals surface area contributed by atoms with Crippen molar-refractivity contribution < 1.29 is 28.4 Å². The van der Waals surface area contributed by atoms with E-state index in [0.717, 1.165) is 35.2 Å². The van der Waals surface area contributed by atoms with E-state index in [0.29, 0.717) is 43.9 Å². The van der Waals surface area contributed by atoms with Crippen LogP contribution in [-0.2, 0) is 35.5 Å². The summed E-state index contributed by atoms with van der Waals surface area (Å²) >= 11 is 0. The Labute approximate surface area is 236 Å². The first-order valence-electron chi connectivity index (χ1n) is 14.1. The third-order valence-corrected chi connectivity index (χ3v) is 8.88. The summed E-state index contributed by atoms with van der Waals surface area (Å²) in [6.45, 7) is 18.3. The van der Waals surface area contributed by atoms with Gasteiger partial charge in [-0.15, -0.1) is 0 Å². The topological polar surface area (TPSA) is 87.5 Å². The van der Waals surface area contributed by atoms with Crippen LogP contribution in [0.3, 0.4) is 0 Å². The molecular weight excluding hydrogens is 507 g/mol. The van der Waals surface area contributed by atoms with Crippen molar-refractivity contribution in [3.8, 4) is 5.75 Å². The molecule has 1 saturated heterocycles. The second kappa shape index (κ2) is 10.6. The predicted octanol–water partition coefficient (Wildman–Crippen LogP) is 5.10. The fourth-order valence-corrected chi connectivity index (χ4v) is 5.73. The molecule has 0 bridgehead atoms. The molecule has 1 amide bonds. The maximum atomic E-state index is 13.6. The molecular formula is C31H37BN2O6. The zero-order chi connectivity index (χ0) is 28.7. The van der Waals surface area contributed by atoms with Gasteiger partial charge in [-0.25, -0.2) is 4.85 Å². The van der Waals surface area contributed by atoms with E-state index >= 15 is 0 Å². The van der Waals surface area contributed by atoms with Crippen LogP contribution >= 0.6 is 0 Å². The van der Waals surface area contributed by atoms with Gasteiger partial charge in [-0.3, -0.25) is 9.59 Å². The Morgan fingerprint density at radius 2 is 1.88 bits per heavy atom. The highest BCUT2D eigenvalue weighted by Crippen LogP contribution is 2.61. The Balaban J connectivity index is 1.34. The highest BCUT2D eigenvalue weighted by molar-refractivity contribution is 6.62. The maximum absolute atomic E-state index is 13.6. The van der Waals surface area contributed by atoms with Gasteiger partial charge in [-0.05, 0) is 83.5 Å². The molecule has 2 aromatic rings. The Morgan fingerprint density at radius 3 is 2.58 bits per heavy atom. The standard InChI is InChI=1S/C31H37BN2O6/c1-7-37-27(35)10-8-9-20-11-13-22(33-6)18-25(20)34-28(36)24-19-31(24)15-16-38-26-14-12-21(17-23(26)31)32-39-29(2,3)30(4,5)40-32/h11-14,17-18,24H,7-10,15-16,19H2,1-5H3,(H,34,36)/t24-,31-/m0/s1. The molecule has 1 N–H and O–H groups in total. The Kier molecular flexibility index (Phi) is 7.45. The smallest absolute Gasteiger partial charge is 0.493 e. The number of amides is 1. The largest absolute Gasteiger partial charge is 0.494 e. The Hall–Kier alpha value is -3.35. The van der Waals surface area contributed by atoms with Crippen LogP contribution in [0.15, 0.2) is 36.4 Å². The summed E-state index contributed by atoms with van der Waals surface area (Å²) in [4.78, 5) is 29.0. The average Bonchev–Trinajstić information content (AvgIpc) is 3.57. The molecule has 2 aliphatic heterocycles. The molecule has 2 fully saturated rings. The molecule has 0 aromatic heterocycles. The second-order valence-corrected chi connectivity index (χ2v) is 12.0. The van der Waals surface area contributed by atoms with Gasteiger partial charge in [0.05, 0.1) is 31.0 Å². The lowest BCUT2D eigenvalue weighted by Crippen LogP contribution is -2.41. The molecule has 210 valence electrons. The van der Waals surface area contributed by atoms with E-state index in [1.807, 2.05) is 45.9 Å². The van der Waals surface area contributed by atoms with Crippen molar-refractivity contribution >= 4 is 35.8 Å². The summed E-state index contributed by atoms with van der Waals surface area (Å²) in [5.41, 5.74) is 2.72. The number of carbonyl (C=O) groups excluding carboxylic acids is 2. The van der Waals surface area contributed by atoms with Gasteiger partial charge in [-0.2, -0.15) is 0 Å². The third kappa shape index (κ3) is 5.23. The zero-order valence-electron chi connectivity index (χ0n) is 24.0. The number of rotatable bonds is 8. The minimum absolute atomic E-state index is 0.0670. The van der Waals surface area contributed by atoms with E-state index < -0.39 is 18.3 Å². The van der Waals surface area contributed by atoms with Crippen LogP contribution in [0.1, 0.15) is 71.4 Å². The minimum atomic E-state index is -0.492. The maximum Gasteiger partial charge on any atom is 0.494 e. The Morgan fingerprint density at radius 1 is 1.12 bits per heavy atom. The Bertz CT molecular complexity index is 1350. The van der Waals surface area contributed by atoms with E-state index in [4.69, 9.17) is 25.4 Å². The summed E-state index contributed by atoms with van der Waals surface area (Å²) in [6, 6.07) is 11.4. The fourth-order valence-electron chi connectivity index (χ4n) is 5.73. The van der Waals surface area contributed by atoms with Crippen molar-refractivity contribution in [1.82, 2.24) is 0 Å². The van der Waals surface area contributed by atoms with E-state index in [2.05, 4.69) is 16.2 Å². The van der Waals surface area contributed by atoms with Crippen LogP contribution in [-0.4, -0.2) is 43.4 Å². The molecule has 2 atom stereocenters. The SMILES string of the molecule is [C-]#[N+]c1ccc(CCCC(=O)OCC)c(NC(=O)[C@@H]2C[C@]23CCOc2ccc(B4OC(C)(C)C(C)(C)O4)cc23)c1. The lowest BCUT2D eigenvalue weighted by molar-refractivity contribution is -0.143. The summed E-state index contributed by atoms with van der Waals surface area (Å²) < 4.78 is 23.6. The number of nitrogens with zero attached hydrogens (tertiary/aromatic N) is 1. The van der Waals surface area contributed by atoms with Crippen LogP contribution in [0.25, 0.3) is 4.85 Å². The first-order chi connectivity index (χ1) is 19.0. The van der Waals surface area contributed by atoms with Gasteiger partial charge in [0.15, 0.2) is 5.69 Å². The van der Waals surface area contributed by atoms with Crippen molar-refractivity contribution in [2.75, 3.05) is 18.5 Å². The quantitative estimate of drug-likeness (QED) is 0.283. The highest BCUT2D eigenvalue weighted by Gasteiger charge is 2.61. The number of anilines is 1. The van der Waals surface area contributed by atoms with Gasteiger partial charge in [0, 0.05) is 29.0 Å². The normalized spacial score (nSPS) is 23.6. The van der Waals surface area contributed by atoms with E-state index in [1.165, 1.54) is 0 Å². The molecule has 0 unspecified atom stereocenters. The number of hydrogen-bond acceptors (Lipinski definition) is 6. The number of hydrogen-bond donors (Lipinski definition) is 1. The molecule has 8 nitrogen and oxygen atoms in total. The van der Waals surface area contributed by atoms with Crippen molar-refractivity contribution in [3.05, 3.63) is 58.9 Å². The third-order valence-electron chi connectivity index (χ3n) is 8.88. The van der Waals surface area contributed by atoms with Crippen LogP contribution in [0.2, 0.25) is 0 Å². The van der Waals surface area contributed by atoms with Gasteiger partial charge in [0.2, 0.25) is 5.91 Å². The molecule has 40 heavy (non-hydrogen) atoms. The number of esters is 1. The number of nitrogens with one attached hydrogen (secondary N) is 1. The van der Waals surface area contributed by atoms with Crippen molar-refractivity contribution in [2.45, 2.75) is 83.3 Å². The minimum Gasteiger partial charge on any atom is -0.493 e. The molecule has 1 spiro atoms. The lowest BCUT2D eigenvalue weighted by Gasteiger charge is -2.32. The van der Waals surface area contributed by atoms with Crippen LogP contribution in [0.5, 0.6) is 5.75 Å². The molecule has 2 heterocycles. The van der Waals surface area contributed by atoms with Gasteiger partial charge in [0.25, 0.3) is 0 Å². The average molecular weight is 544 g/mol. The zero-order valence-corrected chi connectivity index (χ0v) is 24.0. The highest BCUT2D eigenvalue weighted by atomic mass is 16.7. The van der Waals surface area contributed by atoms with Crippen LogP contribution in [0.4, 0.5) is 11.4 Å². The monoisotopic (exact) mass is 544 g/mol. The van der Waals surface area contributed by atoms with Crippen LogP contribution < -0.4 is 15.5 Å². The van der Waals surface area contributed by atoms with E-state index in [1.54, 1.807) is 19.1 Å². The molecule has 9 heteroatoms. The summed E-state index contributed by atoms with van der Waals surface area (Å²) in [5, 5.41) is 3.12. The molecule has 1 aliphatic carbocycles.